The zero-order chi connectivity index (χ0) is 19.2. The second kappa shape index (κ2) is 8.14. The summed E-state index contributed by atoms with van der Waals surface area (Å²) in [5, 5.41) is 26.5. The molecule has 0 fully saturated rings. The number of phenols is 2. The first-order valence-corrected chi connectivity index (χ1v) is 8.24. The fourth-order valence-corrected chi connectivity index (χ4v) is 2.49. The van der Waals surface area contributed by atoms with E-state index in [0.717, 1.165) is 22.5 Å². The van der Waals surface area contributed by atoms with Gasteiger partial charge in [-0.15, -0.1) is 0 Å². The second-order valence-corrected chi connectivity index (χ2v) is 5.78. The smallest absolute Gasteiger partial charge is 0.161 e. The zero-order valence-corrected chi connectivity index (χ0v) is 15.0. The Kier molecular flexibility index (Phi) is 5.47. The molecule has 0 aliphatic heterocycles. The summed E-state index contributed by atoms with van der Waals surface area (Å²) < 4.78 is 10.2. The van der Waals surface area contributed by atoms with Crippen LogP contribution in [0.3, 0.4) is 0 Å². The highest BCUT2D eigenvalue weighted by Gasteiger charge is 2.02. The molecule has 0 atom stereocenters. The number of hydrogen-bond donors (Lipinski definition) is 3. The summed E-state index contributed by atoms with van der Waals surface area (Å²) in [6, 6.07) is 12.2. The van der Waals surface area contributed by atoms with Crippen LogP contribution < -0.4 is 9.47 Å². The first-order chi connectivity index (χ1) is 13.1. The molecule has 6 heteroatoms. The fraction of sp³-hybridized carbons (Fsp3) is 0.0952. The molecule has 2 aromatic carbocycles. The maximum atomic E-state index is 9.63. The van der Waals surface area contributed by atoms with Gasteiger partial charge in [0, 0.05) is 0 Å². The number of benzene rings is 2. The van der Waals surface area contributed by atoms with E-state index in [-0.39, 0.29) is 11.5 Å². The molecule has 3 rings (SSSR count). The first kappa shape index (κ1) is 18.1. The first-order valence-electron chi connectivity index (χ1n) is 8.24. The lowest BCUT2D eigenvalue weighted by Crippen LogP contribution is -1.84. The predicted octanol–water partition coefficient (Wildman–Crippen LogP) is 4.18. The summed E-state index contributed by atoms with van der Waals surface area (Å²) in [5.74, 6) is 1.06. The zero-order valence-electron chi connectivity index (χ0n) is 15.0. The number of aromatic hydroxyl groups is 2. The molecular formula is C21H20N2O4. The van der Waals surface area contributed by atoms with Crippen molar-refractivity contribution in [2.24, 2.45) is 0 Å². The van der Waals surface area contributed by atoms with Crippen LogP contribution in [0.25, 0.3) is 24.3 Å². The van der Waals surface area contributed by atoms with Gasteiger partial charge in [0.1, 0.15) is 0 Å². The minimum atomic E-state index is 0.104. The summed E-state index contributed by atoms with van der Waals surface area (Å²) in [6.45, 7) is 0. The maximum Gasteiger partial charge on any atom is 0.161 e. The van der Waals surface area contributed by atoms with Crippen molar-refractivity contribution < 1.29 is 19.7 Å². The van der Waals surface area contributed by atoms with Crippen LogP contribution in [-0.2, 0) is 0 Å². The van der Waals surface area contributed by atoms with Gasteiger partial charge in [0.15, 0.2) is 23.0 Å². The minimum absolute atomic E-state index is 0.104. The molecule has 0 spiro atoms. The number of hydrogen-bond acceptors (Lipinski definition) is 5. The van der Waals surface area contributed by atoms with Gasteiger partial charge in [-0.25, -0.2) is 0 Å². The van der Waals surface area contributed by atoms with E-state index in [0.29, 0.717) is 11.5 Å². The number of phenolic OH excluding ortho intramolecular Hbond substituents is 2. The number of ether oxygens (including phenoxy) is 2. The molecule has 0 radical (unpaired) electrons. The molecule has 0 saturated carbocycles. The Morgan fingerprint density at radius 2 is 1.33 bits per heavy atom. The van der Waals surface area contributed by atoms with Crippen LogP contribution in [0.4, 0.5) is 0 Å². The van der Waals surface area contributed by atoms with E-state index in [1.54, 1.807) is 36.4 Å². The second-order valence-electron chi connectivity index (χ2n) is 5.78. The Labute approximate surface area is 157 Å². The molecule has 1 aromatic heterocycles. The van der Waals surface area contributed by atoms with Crippen molar-refractivity contribution in [3.63, 3.8) is 0 Å². The number of methoxy groups -OCH3 is 2. The average Bonchev–Trinajstić information content (AvgIpc) is 3.14. The number of aromatic nitrogens is 2. The predicted molar refractivity (Wildman–Crippen MR) is 106 cm³/mol. The Bertz CT molecular complexity index is 912. The summed E-state index contributed by atoms with van der Waals surface area (Å²) in [5.41, 5.74) is 3.39. The standard InChI is InChI=1S/C21H20N2O4/c1-26-20-11-14(5-9-18(20)24)3-7-16-13-17(23-22-16)8-4-15-6-10-19(25)21(12-15)27-2/h3-13,24-25H,1-2H3,(H,22,23). The van der Waals surface area contributed by atoms with Crippen LogP contribution in [0, 0.1) is 0 Å². The highest BCUT2D eigenvalue weighted by Crippen LogP contribution is 2.28. The normalized spacial score (nSPS) is 11.3. The van der Waals surface area contributed by atoms with Crippen molar-refractivity contribution in [1.82, 2.24) is 10.2 Å². The van der Waals surface area contributed by atoms with Gasteiger partial charge in [0.05, 0.1) is 25.6 Å². The van der Waals surface area contributed by atoms with E-state index in [4.69, 9.17) is 9.47 Å². The van der Waals surface area contributed by atoms with Crippen LogP contribution in [0.15, 0.2) is 42.5 Å². The molecule has 0 saturated heterocycles. The number of H-pyrrole nitrogens is 1. The molecule has 0 aliphatic carbocycles. The van der Waals surface area contributed by atoms with E-state index in [2.05, 4.69) is 10.2 Å². The Balaban J connectivity index is 1.71. The molecular weight excluding hydrogens is 344 g/mol. The summed E-state index contributed by atoms with van der Waals surface area (Å²) in [4.78, 5) is 0. The third-order valence-corrected chi connectivity index (χ3v) is 3.93. The summed E-state index contributed by atoms with van der Waals surface area (Å²) in [6.07, 6.45) is 7.53. The lowest BCUT2D eigenvalue weighted by molar-refractivity contribution is 0.373. The van der Waals surface area contributed by atoms with E-state index in [1.807, 2.05) is 30.4 Å². The van der Waals surface area contributed by atoms with Crippen molar-refractivity contribution in [3.05, 3.63) is 65.0 Å². The van der Waals surface area contributed by atoms with Gasteiger partial charge in [-0.05, 0) is 53.6 Å². The largest absolute Gasteiger partial charge is 0.504 e. The van der Waals surface area contributed by atoms with Crippen LogP contribution in [-0.4, -0.2) is 34.6 Å². The number of nitrogens with zero attached hydrogens (tertiary/aromatic N) is 1. The topological polar surface area (TPSA) is 87.6 Å². The van der Waals surface area contributed by atoms with Crippen LogP contribution in [0.5, 0.6) is 23.0 Å². The molecule has 3 N–H and O–H groups in total. The molecule has 138 valence electrons. The van der Waals surface area contributed by atoms with Crippen molar-refractivity contribution >= 4 is 24.3 Å². The Morgan fingerprint density at radius 3 is 1.89 bits per heavy atom. The molecule has 1 heterocycles. The third kappa shape index (κ3) is 4.49. The minimum Gasteiger partial charge on any atom is -0.504 e. The molecule has 0 bridgehead atoms. The molecule has 0 amide bonds. The van der Waals surface area contributed by atoms with Gasteiger partial charge in [-0.3, -0.25) is 5.10 Å². The lowest BCUT2D eigenvalue weighted by atomic mass is 10.1. The Morgan fingerprint density at radius 1 is 0.778 bits per heavy atom. The maximum absolute atomic E-state index is 9.63. The van der Waals surface area contributed by atoms with E-state index < -0.39 is 0 Å². The van der Waals surface area contributed by atoms with Gasteiger partial charge >= 0.3 is 0 Å². The van der Waals surface area contributed by atoms with E-state index in [1.165, 1.54) is 14.2 Å². The molecule has 3 aromatic rings. The quantitative estimate of drug-likeness (QED) is 0.611. The molecule has 27 heavy (non-hydrogen) atoms. The van der Waals surface area contributed by atoms with Gasteiger partial charge < -0.3 is 19.7 Å². The SMILES string of the molecule is COc1cc(C=Cc2cc(C=Cc3ccc(O)c(OC)c3)[nH]n2)ccc1O. The number of nitrogens with one attached hydrogen (secondary N) is 1. The van der Waals surface area contributed by atoms with Crippen molar-refractivity contribution in [1.29, 1.82) is 0 Å². The average molecular weight is 364 g/mol. The monoisotopic (exact) mass is 364 g/mol. The van der Waals surface area contributed by atoms with E-state index >= 15 is 0 Å². The van der Waals surface area contributed by atoms with E-state index in [9.17, 15) is 10.2 Å². The van der Waals surface area contributed by atoms with Crippen molar-refractivity contribution in [3.8, 4) is 23.0 Å². The van der Waals surface area contributed by atoms with Crippen LogP contribution in [0.1, 0.15) is 22.5 Å². The van der Waals surface area contributed by atoms with Gasteiger partial charge in [0.2, 0.25) is 0 Å². The van der Waals surface area contributed by atoms with Gasteiger partial charge in [-0.1, -0.05) is 24.3 Å². The lowest BCUT2D eigenvalue weighted by Gasteiger charge is -2.03. The highest BCUT2D eigenvalue weighted by atomic mass is 16.5. The fourth-order valence-electron chi connectivity index (χ4n) is 2.49. The molecule has 0 unspecified atom stereocenters. The summed E-state index contributed by atoms with van der Waals surface area (Å²) in [7, 11) is 3.03. The third-order valence-electron chi connectivity index (χ3n) is 3.93. The molecule has 6 nitrogen and oxygen atoms in total. The highest BCUT2D eigenvalue weighted by molar-refractivity contribution is 5.73. The number of aromatic amines is 1. The van der Waals surface area contributed by atoms with Crippen LogP contribution >= 0.6 is 0 Å². The number of rotatable bonds is 6. The molecule has 0 aliphatic rings. The van der Waals surface area contributed by atoms with Gasteiger partial charge in [-0.2, -0.15) is 5.10 Å². The van der Waals surface area contributed by atoms with Crippen molar-refractivity contribution in [2.75, 3.05) is 14.2 Å². The van der Waals surface area contributed by atoms with Crippen molar-refractivity contribution in [2.45, 2.75) is 0 Å². The summed E-state index contributed by atoms with van der Waals surface area (Å²) >= 11 is 0. The van der Waals surface area contributed by atoms with Gasteiger partial charge in [0.25, 0.3) is 0 Å². The Hall–Kier alpha value is -3.67. The van der Waals surface area contributed by atoms with Crippen LogP contribution in [0.2, 0.25) is 0 Å².